The minimum Gasteiger partial charge on any atom is -0.457 e. The van der Waals surface area contributed by atoms with Crippen molar-refractivity contribution in [3.63, 3.8) is 0 Å². The minimum atomic E-state index is -0.330. The molecule has 3 N–H and O–H groups in total. The van der Waals surface area contributed by atoms with Crippen molar-refractivity contribution in [1.82, 2.24) is 19.1 Å². The topological polar surface area (TPSA) is 123 Å². The third-order valence-electron chi connectivity index (χ3n) is 7.33. The van der Waals surface area contributed by atoms with Gasteiger partial charge in [0, 0.05) is 51.0 Å². The molecule has 38 heavy (non-hydrogen) atoms. The van der Waals surface area contributed by atoms with Gasteiger partial charge in [-0.15, -0.1) is 0 Å². The van der Waals surface area contributed by atoms with Crippen LogP contribution in [-0.2, 0) is 18.4 Å². The molecule has 0 bridgehead atoms. The number of anilines is 3. The number of aliphatic hydroxyl groups is 1. The van der Waals surface area contributed by atoms with Crippen molar-refractivity contribution in [2.45, 2.75) is 51.2 Å². The normalized spacial score (nSPS) is 18.7. The summed E-state index contributed by atoms with van der Waals surface area (Å²) in [6, 6.07) is 10.9. The van der Waals surface area contributed by atoms with Crippen LogP contribution in [0.2, 0.25) is 0 Å². The summed E-state index contributed by atoms with van der Waals surface area (Å²) in [5.41, 5.74) is 3.11. The smallest absolute Gasteiger partial charge is 0.274 e. The van der Waals surface area contributed by atoms with E-state index >= 15 is 0 Å². The number of hydrogen-bond donors (Lipinski definition) is 3. The molecule has 2 saturated carbocycles. The number of imidazole rings is 1. The van der Waals surface area contributed by atoms with Crippen molar-refractivity contribution in [3.8, 4) is 11.5 Å². The van der Waals surface area contributed by atoms with Crippen LogP contribution in [0, 0.1) is 5.92 Å². The first-order valence-electron chi connectivity index (χ1n) is 12.9. The van der Waals surface area contributed by atoms with E-state index in [2.05, 4.69) is 15.6 Å². The summed E-state index contributed by atoms with van der Waals surface area (Å²) in [6.07, 6.45) is 7.20. The number of aromatic nitrogens is 4. The highest BCUT2D eigenvalue weighted by Gasteiger charge is 2.31. The first-order valence-corrected chi connectivity index (χ1v) is 12.9. The molecular weight excluding hydrogens is 484 g/mol. The molecule has 1 unspecified atom stereocenters. The quantitative estimate of drug-likeness (QED) is 0.321. The average molecular weight is 515 g/mol. The maximum atomic E-state index is 13.4. The highest BCUT2D eigenvalue weighted by Crippen LogP contribution is 2.41. The Morgan fingerprint density at radius 2 is 1.95 bits per heavy atom. The van der Waals surface area contributed by atoms with Crippen molar-refractivity contribution in [1.29, 1.82) is 0 Å². The molecule has 1 aromatic carbocycles. The Kier molecular flexibility index (Phi) is 6.11. The van der Waals surface area contributed by atoms with E-state index in [1.807, 2.05) is 42.1 Å². The summed E-state index contributed by atoms with van der Waals surface area (Å²) in [4.78, 5) is 33.5. The summed E-state index contributed by atoms with van der Waals surface area (Å²) in [6.45, 7) is 1.95. The number of amides is 1. The average Bonchev–Trinajstić information content (AvgIpc) is 3.69. The SMILES string of the molecule is CC(=O)Nc1cc(Oc2ccc3nc(Nc4cc(C5CC5)cn(CC5CC[C@@H]5O)c4=O)n(C)c3c2)ccn1. The molecule has 0 saturated heterocycles. The molecule has 3 heterocycles. The molecule has 1 amide bonds. The third-order valence-corrected chi connectivity index (χ3v) is 7.33. The fourth-order valence-corrected chi connectivity index (χ4v) is 4.87. The van der Waals surface area contributed by atoms with E-state index in [1.165, 1.54) is 6.92 Å². The molecule has 0 aliphatic heterocycles. The van der Waals surface area contributed by atoms with Crippen molar-refractivity contribution in [3.05, 3.63) is 64.7 Å². The number of rotatable bonds is 8. The van der Waals surface area contributed by atoms with Gasteiger partial charge in [0.2, 0.25) is 11.9 Å². The van der Waals surface area contributed by atoms with Gasteiger partial charge in [-0.2, -0.15) is 0 Å². The Bertz CT molecular complexity index is 1590. The molecule has 2 aliphatic carbocycles. The molecule has 196 valence electrons. The maximum absolute atomic E-state index is 13.4. The monoisotopic (exact) mass is 514 g/mol. The maximum Gasteiger partial charge on any atom is 0.274 e. The van der Waals surface area contributed by atoms with E-state index in [0.29, 0.717) is 41.4 Å². The molecule has 0 spiro atoms. The Morgan fingerprint density at radius 3 is 2.66 bits per heavy atom. The molecule has 0 radical (unpaired) electrons. The zero-order valence-electron chi connectivity index (χ0n) is 21.3. The van der Waals surface area contributed by atoms with Crippen LogP contribution in [0.3, 0.4) is 0 Å². The van der Waals surface area contributed by atoms with E-state index in [1.54, 1.807) is 22.9 Å². The molecule has 6 rings (SSSR count). The van der Waals surface area contributed by atoms with Crippen LogP contribution >= 0.6 is 0 Å². The van der Waals surface area contributed by atoms with Crippen molar-refractivity contribution < 1.29 is 14.6 Å². The Labute approximate surface area is 219 Å². The van der Waals surface area contributed by atoms with Gasteiger partial charge in [0.15, 0.2) is 0 Å². The largest absolute Gasteiger partial charge is 0.457 e. The number of aliphatic hydroxyl groups excluding tert-OH is 1. The standard InChI is InChI=1S/C28H30N6O4/c1-16(35)30-26-13-21(9-10-29-26)38-20-6-7-22-24(12-20)33(2)28(31-22)32-23-11-19(17-3-4-17)15-34(27(23)37)14-18-5-8-25(18)36/h6-7,9-13,15,17-18,25,36H,3-5,8,14H2,1-2H3,(H,31,32)(H,29,30,35)/t18?,25-/m0/s1. The first kappa shape index (κ1) is 24.2. The molecule has 2 atom stereocenters. The van der Waals surface area contributed by atoms with E-state index in [9.17, 15) is 14.7 Å². The molecular formula is C28H30N6O4. The lowest BCUT2D eigenvalue weighted by Gasteiger charge is -2.32. The van der Waals surface area contributed by atoms with Gasteiger partial charge < -0.3 is 29.6 Å². The zero-order chi connectivity index (χ0) is 26.4. The van der Waals surface area contributed by atoms with Gasteiger partial charge in [-0.25, -0.2) is 9.97 Å². The lowest BCUT2D eigenvalue weighted by atomic mass is 9.82. The number of benzene rings is 1. The van der Waals surface area contributed by atoms with Gasteiger partial charge in [0.05, 0.1) is 17.1 Å². The fourth-order valence-electron chi connectivity index (χ4n) is 4.87. The summed E-state index contributed by atoms with van der Waals surface area (Å²) < 4.78 is 9.65. The van der Waals surface area contributed by atoms with Crippen molar-refractivity contribution in [2.75, 3.05) is 10.6 Å². The Morgan fingerprint density at radius 1 is 1.13 bits per heavy atom. The van der Waals surface area contributed by atoms with Crippen molar-refractivity contribution in [2.24, 2.45) is 13.0 Å². The van der Waals surface area contributed by atoms with Crippen LogP contribution in [0.15, 0.2) is 53.6 Å². The van der Waals surface area contributed by atoms with Gasteiger partial charge >= 0.3 is 0 Å². The van der Waals surface area contributed by atoms with Gasteiger partial charge in [-0.05, 0) is 61.4 Å². The molecule has 10 heteroatoms. The highest BCUT2D eigenvalue weighted by molar-refractivity contribution is 5.87. The van der Waals surface area contributed by atoms with E-state index in [4.69, 9.17) is 9.72 Å². The van der Waals surface area contributed by atoms with Crippen LogP contribution in [0.4, 0.5) is 17.5 Å². The molecule has 3 aromatic heterocycles. The molecule has 10 nitrogen and oxygen atoms in total. The van der Waals surface area contributed by atoms with Crippen LogP contribution < -0.4 is 20.9 Å². The number of carbonyl (C=O) groups excluding carboxylic acids is 1. The lowest BCUT2D eigenvalue weighted by molar-refractivity contribution is -0.114. The van der Waals surface area contributed by atoms with Crippen LogP contribution in [0.25, 0.3) is 11.0 Å². The van der Waals surface area contributed by atoms with Crippen LogP contribution in [0.1, 0.15) is 44.1 Å². The number of fused-ring (bicyclic) bond motifs is 1. The lowest BCUT2D eigenvalue weighted by Crippen LogP contribution is -2.37. The van der Waals surface area contributed by atoms with Gasteiger partial charge in [-0.1, -0.05) is 0 Å². The third kappa shape index (κ3) is 4.87. The Balaban J connectivity index is 1.27. The summed E-state index contributed by atoms with van der Waals surface area (Å²) in [7, 11) is 1.89. The first-order chi connectivity index (χ1) is 18.3. The number of hydrogen-bond acceptors (Lipinski definition) is 7. The summed E-state index contributed by atoms with van der Waals surface area (Å²) in [5, 5.41) is 16.0. The minimum absolute atomic E-state index is 0.114. The number of nitrogens with zero attached hydrogens (tertiary/aromatic N) is 4. The molecule has 4 aromatic rings. The van der Waals surface area contributed by atoms with Crippen LogP contribution in [-0.4, -0.2) is 36.2 Å². The predicted octanol–water partition coefficient (Wildman–Crippen LogP) is 4.27. The number of pyridine rings is 2. The highest BCUT2D eigenvalue weighted by atomic mass is 16.5. The number of ether oxygens (including phenoxy) is 1. The predicted molar refractivity (Wildman–Crippen MR) is 144 cm³/mol. The van der Waals surface area contributed by atoms with E-state index in [-0.39, 0.29) is 23.5 Å². The molecule has 2 aliphatic rings. The van der Waals surface area contributed by atoms with Crippen LogP contribution in [0.5, 0.6) is 11.5 Å². The number of carbonyl (C=O) groups is 1. The van der Waals surface area contributed by atoms with E-state index in [0.717, 1.165) is 42.3 Å². The number of nitrogens with one attached hydrogen (secondary N) is 2. The molecule has 2 fully saturated rings. The summed E-state index contributed by atoms with van der Waals surface area (Å²) in [5.74, 6) is 2.50. The van der Waals surface area contributed by atoms with E-state index < -0.39 is 0 Å². The van der Waals surface area contributed by atoms with Crippen molar-refractivity contribution >= 4 is 34.4 Å². The zero-order valence-corrected chi connectivity index (χ0v) is 21.3. The van der Waals surface area contributed by atoms with Gasteiger partial charge in [0.1, 0.15) is 23.0 Å². The number of aryl methyl sites for hydroxylation is 1. The van der Waals surface area contributed by atoms with Gasteiger partial charge in [-0.3, -0.25) is 9.59 Å². The Hall–Kier alpha value is -4.18. The second-order valence-electron chi connectivity index (χ2n) is 10.3. The second-order valence-corrected chi connectivity index (χ2v) is 10.3. The second kappa shape index (κ2) is 9.60. The fraction of sp³-hybridized carbons (Fsp3) is 0.357. The summed E-state index contributed by atoms with van der Waals surface area (Å²) >= 11 is 0. The van der Waals surface area contributed by atoms with Gasteiger partial charge in [0.25, 0.3) is 5.56 Å².